The van der Waals surface area contributed by atoms with Crippen molar-refractivity contribution in [3.8, 4) is 11.3 Å². The van der Waals surface area contributed by atoms with Crippen molar-refractivity contribution in [2.75, 3.05) is 11.1 Å². The fourth-order valence-electron chi connectivity index (χ4n) is 2.34. The van der Waals surface area contributed by atoms with Gasteiger partial charge in [0.05, 0.1) is 16.3 Å². The lowest BCUT2D eigenvalue weighted by molar-refractivity contribution is -0.115. The fourth-order valence-corrected chi connectivity index (χ4v) is 4.32. The number of sulfone groups is 1. The van der Waals surface area contributed by atoms with Gasteiger partial charge in [-0.05, 0) is 19.1 Å². The number of carbonyl (C=O) groups excluding carboxylic acids is 1. The molecular formula is C19H18N2O3S2. The maximum atomic E-state index is 12.3. The van der Waals surface area contributed by atoms with E-state index in [0.29, 0.717) is 5.13 Å². The van der Waals surface area contributed by atoms with E-state index in [0.717, 1.165) is 16.8 Å². The molecule has 5 nitrogen and oxygen atoms in total. The molecule has 1 aromatic heterocycles. The normalized spacial score (nSPS) is 11.3. The molecule has 2 aromatic carbocycles. The van der Waals surface area contributed by atoms with Gasteiger partial charge in [-0.15, -0.1) is 11.3 Å². The number of aryl methyl sites for hydroxylation is 1. The highest BCUT2D eigenvalue weighted by molar-refractivity contribution is 7.91. The van der Waals surface area contributed by atoms with E-state index < -0.39 is 9.84 Å². The fraction of sp³-hybridized carbons (Fsp3) is 0.158. The molecule has 26 heavy (non-hydrogen) atoms. The van der Waals surface area contributed by atoms with Crippen LogP contribution in [0.4, 0.5) is 5.13 Å². The molecule has 0 unspecified atom stereocenters. The van der Waals surface area contributed by atoms with Crippen molar-refractivity contribution < 1.29 is 13.2 Å². The number of nitrogens with zero attached hydrogens (tertiary/aromatic N) is 1. The third-order valence-electron chi connectivity index (χ3n) is 3.80. The number of anilines is 1. The van der Waals surface area contributed by atoms with Crippen LogP contribution in [0.25, 0.3) is 11.3 Å². The first-order valence-corrected chi connectivity index (χ1v) is 10.6. The van der Waals surface area contributed by atoms with Crippen molar-refractivity contribution in [3.05, 3.63) is 65.5 Å². The second-order valence-corrected chi connectivity index (χ2v) is 8.80. The molecule has 0 radical (unpaired) electrons. The Hall–Kier alpha value is -2.51. The van der Waals surface area contributed by atoms with E-state index in [1.54, 1.807) is 24.3 Å². The number of amides is 1. The molecule has 7 heteroatoms. The molecule has 0 aliphatic carbocycles. The van der Waals surface area contributed by atoms with Gasteiger partial charge >= 0.3 is 0 Å². The summed E-state index contributed by atoms with van der Waals surface area (Å²) in [7, 11) is -3.48. The van der Waals surface area contributed by atoms with Gasteiger partial charge in [0.15, 0.2) is 15.0 Å². The van der Waals surface area contributed by atoms with Crippen LogP contribution in [0.2, 0.25) is 0 Å². The maximum Gasteiger partial charge on any atom is 0.227 e. The first-order chi connectivity index (χ1) is 12.4. The van der Waals surface area contributed by atoms with E-state index in [9.17, 15) is 13.2 Å². The van der Waals surface area contributed by atoms with Crippen LogP contribution < -0.4 is 5.32 Å². The molecule has 0 aliphatic heterocycles. The zero-order valence-electron chi connectivity index (χ0n) is 14.2. The molecule has 0 aliphatic rings. The van der Waals surface area contributed by atoms with E-state index >= 15 is 0 Å². The highest BCUT2D eigenvalue weighted by atomic mass is 32.2. The van der Waals surface area contributed by atoms with Gasteiger partial charge in [0, 0.05) is 17.4 Å². The number of benzene rings is 2. The summed E-state index contributed by atoms with van der Waals surface area (Å²) in [6, 6.07) is 16.3. The Kier molecular flexibility index (Phi) is 5.49. The van der Waals surface area contributed by atoms with Crippen molar-refractivity contribution >= 4 is 32.2 Å². The van der Waals surface area contributed by atoms with Crippen LogP contribution in [0.1, 0.15) is 12.0 Å². The van der Waals surface area contributed by atoms with Crippen molar-refractivity contribution in [3.63, 3.8) is 0 Å². The average molecular weight is 386 g/mol. The molecule has 1 N–H and O–H groups in total. The number of thiazole rings is 1. The first-order valence-electron chi connectivity index (χ1n) is 8.04. The number of hydrogen-bond acceptors (Lipinski definition) is 5. The van der Waals surface area contributed by atoms with E-state index in [1.165, 1.54) is 11.3 Å². The van der Waals surface area contributed by atoms with Crippen molar-refractivity contribution in [1.29, 1.82) is 0 Å². The standard InChI is InChI=1S/C19H18N2O3S2/c1-14-7-9-16(10-8-14)26(23,24)12-11-18(22)21-19-20-17(13-25-19)15-5-3-2-4-6-15/h2-10,13H,11-12H2,1H3,(H,20,21,22). The summed E-state index contributed by atoms with van der Waals surface area (Å²) in [4.78, 5) is 16.7. The lowest BCUT2D eigenvalue weighted by Gasteiger charge is -2.05. The minimum Gasteiger partial charge on any atom is -0.302 e. The predicted molar refractivity (Wildman–Crippen MR) is 104 cm³/mol. The highest BCUT2D eigenvalue weighted by Gasteiger charge is 2.17. The van der Waals surface area contributed by atoms with Gasteiger partial charge in [-0.3, -0.25) is 4.79 Å². The summed E-state index contributed by atoms with van der Waals surface area (Å²) in [5.41, 5.74) is 2.73. The molecule has 3 aromatic rings. The van der Waals surface area contributed by atoms with E-state index in [1.807, 2.05) is 42.6 Å². The Morgan fingerprint density at radius 1 is 1.08 bits per heavy atom. The summed E-state index contributed by atoms with van der Waals surface area (Å²) in [5.74, 6) is -0.603. The van der Waals surface area contributed by atoms with Crippen molar-refractivity contribution in [2.45, 2.75) is 18.2 Å². The Morgan fingerprint density at radius 3 is 2.46 bits per heavy atom. The molecule has 134 valence electrons. The Balaban J connectivity index is 1.59. The molecule has 0 bridgehead atoms. The van der Waals surface area contributed by atoms with Gasteiger partial charge in [0.2, 0.25) is 5.91 Å². The van der Waals surface area contributed by atoms with Gasteiger partial charge in [0.1, 0.15) is 0 Å². The Morgan fingerprint density at radius 2 is 1.77 bits per heavy atom. The minimum atomic E-state index is -3.48. The molecule has 0 atom stereocenters. The predicted octanol–water partition coefficient (Wildman–Crippen LogP) is 3.92. The third-order valence-corrected chi connectivity index (χ3v) is 6.29. The zero-order valence-corrected chi connectivity index (χ0v) is 15.8. The molecule has 0 fully saturated rings. The van der Waals surface area contributed by atoms with Gasteiger partial charge in [-0.2, -0.15) is 0 Å². The number of carbonyl (C=O) groups is 1. The maximum absolute atomic E-state index is 12.3. The second-order valence-electron chi connectivity index (χ2n) is 5.83. The topological polar surface area (TPSA) is 76.1 Å². The van der Waals surface area contributed by atoms with E-state index in [4.69, 9.17) is 0 Å². The van der Waals surface area contributed by atoms with Crippen LogP contribution in [0.5, 0.6) is 0 Å². The van der Waals surface area contributed by atoms with Crippen molar-refractivity contribution in [1.82, 2.24) is 4.98 Å². The monoisotopic (exact) mass is 386 g/mol. The molecule has 1 heterocycles. The van der Waals surface area contributed by atoms with Gasteiger partial charge in [0.25, 0.3) is 0 Å². The second kappa shape index (κ2) is 7.80. The van der Waals surface area contributed by atoms with Crippen LogP contribution in [0, 0.1) is 6.92 Å². The minimum absolute atomic E-state index is 0.115. The average Bonchev–Trinajstić information content (AvgIpc) is 3.10. The summed E-state index contributed by atoms with van der Waals surface area (Å²) in [6.45, 7) is 1.89. The summed E-state index contributed by atoms with van der Waals surface area (Å²) >= 11 is 1.31. The Labute approximate surface area is 156 Å². The first kappa shape index (κ1) is 18.3. The molecular weight excluding hydrogens is 368 g/mol. The molecule has 0 saturated heterocycles. The summed E-state index contributed by atoms with van der Waals surface area (Å²) in [6.07, 6.45) is -0.115. The van der Waals surface area contributed by atoms with Gasteiger partial charge in [-0.1, -0.05) is 48.0 Å². The van der Waals surface area contributed by atoms with Gasteiger partial charge < -0.3 is 5.32 Å². The largest absolute Gasteiger partial charge is 0.302 e. The van der Waals surface area contributed by atoms with Gasteiger partial charge in [-0.25, -0.2) is 13.4 Å². The van der Waals surface area contributed by atoms with Crippen LogP contribution in [0.3, 0.4) is 0 Å². The lowest BCUT2D eigenvalue weighted by Crippen LogP contribution is -2.17. The number of hydrogen-bond donors (Lipinski definition) is 1. The number of aromatic nitrogens is 1. The number of rotatable bonds is 6. The van der Waals surface area contributed by atoms with Crippen molar-refractivity contribution in [2.24, 2.45) is 0 Å². The molecule has 1 amide bonds. The van der Waals surface area contributed by atoms with Crippen LogP contribution in [-0.4, -0.2) is 25.1 Å². The Bertz CT molecular complexity index is 995. The van der Waals surface area contributed by atoms with Crippen LogP contribution >= 0.6 is 11.3 Å². The smallest absolute Gasteiger partial charge is 0.227 e. The van der Waals surface area contributed by atoms with E-state index in [-0.39, 0.29) is 23.0 Å². The summed E-state index contributed by atoms with van der Waals surface area (Å²) < 4.78 is 24.6. The molecule has 3 rings (SSSR count). The highest BCUT2D eigenvalue weighted by Crippen LogP contribution is 2.24. The SMILES string of the molecule is Cc1ccc(S(=O)(=O)CCC(=O)Nc2nc(-c3ccccc3)cs2)cc1. The zero-order chi connectivity index (χ0) is 18.6. The van der Waals surface area contributed by atoms with E-state index in [2.05, 4.69) is 10.3 Å². The molecule has 0 saturated carbocycles. The lowest BCUT2D eigenvalue weighted by atomic mass is 10.2. The van der Waals surface area contributed by atoms with Crippen LogP contribution in [0.15, 0.2) is 64.9 Å². The van der Waals surface area contributed by atoms with Crippen LogP contribution in [-0.2, 0) is 14.6 Å². The third kappa shape index (κ3) is 4.56. The molecule has 0 spiro atoms. The quantitative estimate of drug-likeness (QED) is 0.697. The summed E-state index contributed by atoms with van der Waals surface area (Å²) in [5, 5.41) is 4.98. The number of nitrogens with one attached hydrogen (secondary N) is 1.